The molecule has 1 atom stereocenters. The minimum Gasteiger partial charge on any atom is -0.489 e. The zero-order valence-corrected chi connectivity index (χ0v) is 20.9. The standard InChI is InChI=1S/C27H29N3O4S/c1-4-30(5-2)35(32,33)26-15-13-21(14-16-26)20(3)29-27(31)22-11-8-12-25(17-22)34-19-24-10-7-6-9-23(24)18-28/h6-17,20H,4-5,19H2,1-3H3,(H,29,31). The molecule has 1 N–H and O–H groups in total. The van der Waals surface area contributed by atoms with Crippen LogP contribution in [0.1, 0.15) is 53.9 Å². The molecule has 0 aliphatic rings. The monoisotopic (exact) mass is 491 g/mol. The van der Waals surface area contributed by atoms with Gasteiger partial charge in [0.1, 0.15) is 12.4 Å². The first-order valence-electron chi connectivity index (χ1n) is 11.4. The molecule has 3 aromatic rings. The van der Waals surface area contributed by atoms with E-state index in [1.165, 1.54) is 4.31 Å². The number of carbonyl (C=O) groups excluding carboxylic acids is 1. The Morgan fingerprint density at radius 3 is 2.37 bits per heavy atom. The first-order chi connectivity index (χ1) is 16.8. The van der Waals surface area contributed by atoms with E-state index >= 15 is 0 Å². The second-order valence-corrected chi connectivity index (χ2v) is 9.88. The van der Waals surface area contributed by atoms with Crippen LogP contribution in [0.3, 0.4) is 0 Å². The highest BCUT2D eigenvalue weighted by Gasteiger charge is 2.22. The number of nitrogens with zero attached hydrogens (tertiary/aromatic N) is 2. The molecule has 1 amide bonds. The van der Waals surface area contributed by atoms with Crippen molar-refractivity contribution in [1.29, 1.82) is 5.26 Å². The van der Waals surface area contributed by atoms with E-state index in [0.717, 1.165) is 11.1 Å². The molecule has 0 radical (unpaired) electrons. The summed E-state index contributed by atoms with van der Waals surface area (Å²) in [4.78, 5) is 13.1. The molecule has 0 bridgehead atoms. The third-order valence-corrected chi connectivity index (χ3v) is 7.76. The molecule has 0 aliphatic carbocycles. The molecule has 0 saturated heterocycles. The number of nitriles is 1. The summed E-state index contributed by atoms with van der Waals surface area (Å²) in [7, 11) is -3.53. The maximum Gasteiger partial charge on any atom is 0.251 e. The third kappa shape index (κ3) is 6.27. The highest BCUT2D eigenvalue weighted by molar-refractivity contribution is 7.89. The number of benzene rings is 3. The van der Waals surface area contributed by atoms with Gasteiger partial charge in [-0.25, -0.2) is 8.42 Å². The number of nitrogens with one attached hydrogen (secondary N) is 1. The summed E-state index contributed by atoms with van der Waals surface area (Å²) in [6.07, 6.45) is 0. The summed E-state index contributed by atoms with van der Waals surface area (Å²) in [6, 6.07) is 22.4. The summed E-state index contributed by atoms with van der Waals surface area (Å²) >= 11 is 0. The van der Waals surface area contributed by atoms with E-state index in [9.17, 15) is 18.5 Å². The Morgan fingerprint density at radius 1 is 1.03 bits per heavy atom. The Labute approximate surface area is 207 Å². The van der Waals surface area contributed by atoms with Gasteiger partial charge < -0.3 is 10.1 Å². The van der Waals surface area contributed by atoms with Crippen molar-refractivity contribution in [3.05, 3.63) is 95.1 Å². The van der Waals surface area contributed by atoms with Crippen molar-refractivity contribution in [3.8, 4) is 11.8 Å². The molecule has 8 heteroatoms. The fourth-order valence-corrected chi connectivity index (χ4v) is 5.11. The highest BCUT2D eigenvalue weighted by atomic mass is 32.2. The lowest BCUT2D eigenvalue weighted by atomic mass is 10.1. The number of hydrogen-bond donors (Lipinski definition) is 1. The Balaban J connectivity index is 1.66. The molecular formula is C27H29N3O4S. The van der Waals surface area contributed by atoms with Gasteiger partial charge in [0, 0.05) is 24.2 Å². The van der Waals surface area contributed by atoms with Gasteiger partial charge in [0.15, 0.2) is 0 Å². The summed E-state index contributed by atoms with van der Waals surface area (Å²) < 4.78 is 32.6. The van der Waals surface area contributed by atoms with Crippen molar-refractivity contribution in [2.45, 2.75) is 38.3 Å². The molecule has 0 aromatic heterocycles. The van der Waals surface area contributed by atoms with Crippen LogP contribution < -0.4 is 10.1 Å². The van der Waals surface area contributed by atoms with Crippen LogP contribution in [0.4, 0.5) is 0 Å². The van der Waals surface area contributed by atoms with Gasteiger partial charge in [0.25, 0.3) is 5.91 Å². The second kappa shape index (κ2) is 11.6. The Kier molecular flexibility index (Phi) is 8.63. The van der Waals surface area contributed by atoms with E-state index in [1.807, 2.05) is 19.1 Å². The third-order valence-electron chi connectivity index (χ3n) is 5.70. The summed E-state index contributed by atoms with van der Waals surface area (Å²) in [5, 5.41) is 12.2. The van der Waals surface area contributed by atoms with Gasteiger partial charge in [-0.05, 0) is 48.9 Å². The zero-order chi connectivity index (χ0) is 25.4. The first-order valence-corrected chi connectivity index (χ1v) is 12.9. The van der Waals surface area contributed by atoms with Gasteiger partial charge in [0.05, 0.1) is 22.6 Å². The molecule has 0 spiro atoms. The number of ether oxygens (including phenoxy) is 1. The lowest BCUT2D eigenvalue weighted by molar-refractivity contribution is 0.0939. The molecule has 0 heterocycles. The minimum atomic E-state index is -3.53. The van der Waals surface area contributed by atoms with Crippen LogP contribution in [0.25, 0.3) is 0 Å². The van der Waals surface area contributed by atoms with E-state index in [4.69, 9.17) is 4.74 Å². The van der Waals surface area contributed by atoms with Crippen LogP contribution >= 0.6 is 0 Å². The molecule has 3 rings (SSSR count). The summed E-state index contributed by atoms with van der Waals surface area (Å²) in [6.45, 7) is 6.47. The van der Waals surface area contributed by atoms with E-state index in [2.05, 4.69) is 11.4 Å². The topological polar surface area (TPSA) is 99.5 Å². The number of hydrogen-bond acceptors (Lipinski definition) is 5. The average molecular weight is 492 g/mol. The lowest BCUT2D eigenvalue weighted by Gasteiger charge is -2.19. The normalized spacial score (nSPS) is 12.1. The summed E-state index contributed by atoms with van der Waals surface area (Å²) in [5.74, 6) is 0.240. The fraction of sp³-hybridized carbons (Fsp3) is 0.259. The van der Waals surface area contributed by atoms with Crippen LogP contribution in [0.2, 0.25) is 0 Å². The van der Waals surface area contributed by atoms with Gasteiger partial charge in [-0.3, -0.25) is 4.79 Å². The largest absolute Gasteiger partial charge is 0.489 e. The molecule has 3 aromatic carbocycles. The first kappa shape index (κ1) is 25.9. The Hall–Kier alpha value is -3.67. The van der Waals surface area contributed by atoms with Gasteiger partial charge in [-0.15, -0.1) is 0 Å². The van der Waals surface area contributed by atoms with Gasteiger partial charge >= 0.3 is 0 Å². The molecule has 0 fully saturated rings. The molecular weight excluding hydrogens is 462 g/mol. The van der Waals surface area contributed by atoms with Gasteiger partial charge in [0.2, 0.25) is 10.0 Å². The molecule has 7 nitrogen and oxygen atoms in total. The SMILES string of the molecule is CCN(CC)S(=O)(=O)c1ccc(C(C)NC(=O)c2cccc(OCc3ccccc3C#N)c2)cc1. The predicted molar refractivity (Wildman–Crippen MR) is 134 cm³/mol. The minimum absolute atomic E-state index is 0.216. The van der Waals surface area contributed by atoms with E-state index in [-0.39, 0.29) is 23.5 Å². The molecule has 1 unspecified atom stereocenters. The van der Waals surface area contributed by atoms with Crippen LogP contribution in [-0.4, -0.2) is 31.7 Å². The Morgan fingerprint density at radius 2 is 1.71 bits per heavy atom. The maximum atomic E-state index is 12.8. The van der Waals surface area contributed by atoms with E-state index in [1.54, 1.807) is 74.5 Å². The average Bonchev–Trinajstić information content (AvgIpc) is 2.88. The maximum absolute atomic E-state index is 12.8. The molecule has 35 heavy (non-hydrogen) atoms. The van der Waals surface area contributed by atoms with E-state index in [0.29, 0.717) is 30.0 Å². The number of amides is 1. The van der Waals surface area contributed by atoms with Gasteiger partial charge in [-0.2, -0.15) is 9.57 Å². The Bertz CT molecular complexity index is 1310. The predicted octanol–water partition coefficient (Wildman–Crippen LogP) is 4.66. The van der Waals surface area contributed by atoms with E-state index < -0.39 is 10.0 Å². The zero-order valence-electron chi connectivity index (χ0n) is 20.1. The van der Waals surface area contributed by atoms with Crippen molar-refractivity contribution in [2.75, 3.05) is 13.1 Å². The lowest BCUT2D eigenvalue weighted by Crippen LogP contribution is -2.30. The number of carbonyl (C=O) groups is 1. The number of rotatable bonds is 10. The quantitative estimate of drug-likeness (QED) is 0.445. The second-order valence-electron chi connectivity index (χ2n) is 7.94. The van der Waals surface area contributed by atoms with Crippen LogP contribution in [0.5, 0.6) is 5.75 Å². The summed E-state index contributed by atoms with van der Waals surface area (Å²) in [5.41, 5.74) is 2.54. The van der Waals surface area contributed by atoms with Crippen LogP contribution in [-0.2, 0) is 16.6 Å². The van der Waals surface area contributed by atoms with Crippen LogP contribution in [0, 0.1) is 11.3 Å². The smallest absolute Gasteiger partial charge is 0.251 e. The molecule has 0 saturated carbocycles. The molecule has 182 valence electrons. The highest BCUT2D eigenvalue weighted by Crippen LogP contribution is 2.21. The van der Waals surface area contributed by atoms with Gasteiger partial charge in [-0.1, -0.05) is 50.2 Å². The molecule has 0 aliphatic heterocycles. The van der Waals surface area contributed by atoms with Crippen molar-refractivity contribution in [2.24, 2.45) is 0 Å². The van der Waals surface area contributed by atoms with Crippen molar-refractivity contribution in [1.82, 2.24) is 9.62 Å². The number of sulfonamides is 1. The fourth-order valence-electron chi connectivity index (χ4n) is 3.65. The van der Waals surface area contributed by atoms with Crippen LogP contribution in [0.15, 0.2) is 77.7 Å². The van der Waals surface area contributed by atoms with Crippen molar-refractivity contribution in [3.63, 3.8) is 0 Å². The van der Waals surface area contributed by atoms with Crippen molar-refractivity contribution < 1.29 is 17.9 Å². The van der Waals surface area contributed by atoms with Crippen molar-refractivity contribution >= 4 is 15.9 Å².